The topological polar surface area (TPSA) is 113 Å². The minimum atomic E-state index is -0.679. The Morgan fingerprint density at radius 3 is 2.43 bits per heavy atom. The predicted molar refractivity (Wildman–Crippen MR) is 138 cm³/mol. The van der Waals surface area contributed by atoms with Crippen molar-refractivity contribution >= 4 is 41.0 Å². The first-order chi connectivity index (χ1) is 16.8. The van der Waals surface area contributed by atoms with Crippen LogP contribution in [0.3, 0.4) is 0 Å². The van der Waals surface area contributed by atoms with Crippen LogP contribution in [0, 0.1) is 5.92 Å². The number of likely N-dealkylation sites (tertiary alicyclic amines) is 1. The third-order valence-corrected chi connectivity index (χ3v) is 7.11. The van der Waals surface area contributed by atoms with Crippen molar-refractivity contribution in [3.63, 3.8) is 0 Å². The lowest BCUT2D eigenvalue weighted by Gasteiger charge is -2.43. The molecule has 1 unspecified atom stereocenters. The van der Waals surface area contributed by atoms with Gasteiger partial charge in [0.25, 0.3) is 5.56 Å². The van der Waals surface area contributed by atoms with E-state index in [-0.39, 0.29) is 35.2 Å². The molecule has 1 aromatic carbocycles. The van der Waals surface area contributed by atoms with E-state index in [1.54, 1.807) is 53.1 Å². The van der Waals surface area contributed by atoms with Crippen molar-refractivity contribution in [2.45, 2.75) is 38.3 Å². The average molecular weight is 498 g/mol. The van der Waals surface area contributed by atoms with Crippen molar-refractivity contribution in [3.8, 4) is 0 Å². The number of aromatic nitrogens is 1. The van der Waals surface area contributed by atoms with Crippen LogP contribution in [0.2, 0.25) is 0 Å². The molecule has 3 atom stereocenters. The van der Waals surface area contributed by atoms with Crippen molar-refractivity contribution in [1.29, 1.82) is 0 Å². The molecule has 3 heterocycles. The molecule has 4 rings (SSSR count). The van der Waals surface area contributed by atoms with Crippen molar-refractivity contribution in [2.75, 3.05) is 35.7 Å². The van der Waals surface area contributed by atoms with Gasteiger partial charge >= 0.3 is 6.03 Å². The fourth-order valence-corrected chi connectivity index (χ4v) is 5.35. The van der Waals surface area contributed by atoms with Crippen LogP contribution in [0.15, 0.2) is 47.3 Å². The van der Waals surface area contributed by atoms with E-state index >= 15 is 0 Å². The van der Waals surface area contributed by atoms with E-state index in [0.717, 1.165) is 17.9 Å². The average Bonchev–Trinajstić information content (AvgIpc) is 2.83. The zero-order chi connectivity index (χ0) is 24.9. The molecule has 3 N–H and O–H groups in total. The number of urea groups is 1. The van der Waals surface area contributed by atoms with Crippen LogP contribution in [0.4, 0.5) is 16.2 Å². The minimum absolute atomic E-state index is 0.00834. The quantitative estimate of drug-likeness (QED) is 0.545. The van der Waals surface area contributed by atoms with Crippen LogP contribution < -0.4 is 21.5 Å². The molecule has 35 heavy (non-hydrogen) atoms. The van der Waals surface area contributed by atoms with Crippen molar-refractivity contribution < 1.29 is 14.4 Å². The molecule has 186 valence electrons. The van der Waals surface area contributed by atoms with Gasteiger partial charge in [0.15, 0.2) is 0 Å². The highest BCUT2D eigenvalue weighted by atomic mass is 32.2. The number of amides is 4. The van der Waals surface area contributed by atoms with Gasteiger partial charge in [-0.2, -0.15) is 11.8 Å². The second-order valence-electron chi connectivity index (χ2n) is 9.13. The van der Waals surface area contributed by atoms with E-state index in [1.165, 1.54) is 6.92 Å². The molecule has 2 aromatic rings. The third kappa shape index (κ3) is 6.05. The number of hydrogen-bond donors (Lipinski definition) is 3. The van der Waals surface area contributed by atoms with Gasteiger partial charge in [-0.1, -0.05) is 6.07 Å². The molecule has 1 aromatic heterocycles. The number of fused-ring (bicyclic) bond motifs is 4. The zero-order valence-electron chi connectivity index (χ0n) is 20.0. The summed E-state index contributed by atoms with van der Waals surface area (Å²) in [6.07, 6.45) is 3.42. The fourth-order valence-electron chi connectivity index (χ4n) is 4.88. The number of rotatable bonds is 7. The summed E-state index contributed by atoms with van der Waals surface area (Å²) in [7, 11) is 0. The second kappa shape index (κ2) is 11.0. The molecular formula is C25H31N5O4S. The Kier molecular flexibility index (Phi) is 7.80. The number of anilines is 2. The van der Waals surface area contributed by atoms with Gasteiger partial charge in [0.1, 0.15) is 6.04 Å². The minimum Gasteiger partial charge on any atom is -0.326 e. The summed E-state index contributed by atoms with van der Waals surface area (Å²) in [4.78, 5) is 51.5. The van der Waals surface area contributed by atoms with E-state index in [1.807, 2.05) is 16.9 Å². The monoisotopic (exact) mass is 497 g/mol. The number of nitrogens with zero attached hydrogens (tertiary/aromatic N) is 2. The maximum Gasteiger partial charge on any atom is 0.318 e. The highest BCUT2D eigenvalue weighted by Crippen LogP contribution is 2.34. The van der Waals surface area contributed by atoms with Crippen LogP contribution in [0.5, 0.6) is 0 Å². The van der Waals surface area contributed by atoms with Crippen molar-refractivity contribution in [3.05, 3.63) is 58.5 Å². The first kappa shape index (κ1) is 24.8. The largest absolute Gasteiger partial charge is 0.326 e. The maximum absolute atomic E-state index is 13.2. The molecule has 2 aliphatic heterocycles. The number of carbonyl (C=O) groups excluding carboxylic acids is 3. The summed E-state index contributed by atoms with van der Waals surface area (Å²) < 4.78 is 1.83. The molecule has 0 radical (unpaired) electrons. The summed E-state index contributed by atoms with van der Waals surface area (Å²) in [5, 5.41) is 8.50. The SMILES string of the molecule is CSCC[C@H](NC(=O)N1CC2C[C@H](C1)Cn1c2cccc1=O)C(=O)Nc1ccc(NC(C)=O)cc1. The van der Waals surface area contributed by atoms with Crippen molar-refractivity contribution in [1.82, 2.24) is 14.8 Å². The summed E-state index contributed by atoms with van der Waals surface area (Å²) in [5.41, 5.74) is 2.21. The van der Waals surface area contributed by atoms with Gasteiger partial charge < -0.3 is 25.4 Å². The molecule has 0 saturated carbocycles. The predicted octanol–water partition coefficient (Wildman–Crippen LogP) is 2.70. The first-order valence-corrected chi connectivity index (χ1v) is 13.2. The summed E-state index contributed by atoms with van der Waals surface area (Å²) in [6, 6.07) is 11.2. The van der Waals surface area contributed by atoms with Gasteiger partial charge in [-0.3, -0.25) is 14.4 Å². The molecule has 2 aliphatic rings. The van der Waals surface area contributed by atoms with Gasteiger partial charge in [0, 0.05) is 55.6 Å². The van der Waals surface area contributed by atoms with Crippen LogP contribution in [0.1, 0.15) is 31.4 Å². The Bertz CT molecular complexity index is 1150. The zero-order valence-corrected chi connectivity index (χ0v) is 20.8. The van der Waals surface area contributed by atoms with Gasteiger partial charge in [-0.05, 0) is 61.1 Å². The third-order valence-electron chi connectivity index (χ3n) is 6.46. The smallest absolute Gasteiger partial charge is 0.318 e. The number of nitrogens with one attached hydrogen (secondary N) is 3. The fraction of sp³-hybridized carbons (Fsp3) is 0.440. The number of piperidine rings is 1. The molecule has 2 bridgehead atoms. The van der Waals surface area contributed by atoms with Crippen LogP contribution >= 0.6 is 11.8 Å². The number of benzene rings is 1. The molecule has 1 saturated heterocycles. The summed E-state index contributed by atoms with van der Waals surface area (Å²) in [6.45, 7) is 3.13. The Morgan fingerprint density at radius 1 is 1.03 bits per heavy atom. The highest BCUT2D eigenvalue weighted by Gasteiger charge is 2.37. The summed E-state index contributed by atoms with van der Waals surface area (Å²) >= 11 is 1.61. The Balaban J connectivity index is 1.41. The first-order valence-electron chi connectivity index (χ1n) is 11.8. The van der Waals surface area contributed by atoms with Gasteiger partial charge in [-0.15, -0.1) is 0 Å². The van der Waals surface area contributed by atoms with E-state index < -0.39 is 6.04 Å². The van der Waals surface area contributed by atoms with Gasteiger partial charge in [0.2, 0.25) is 11.8 Å². The molecule has 4 amide bonds. The molecule has 0 spiro atoms. The number of pyridine rings is 1. The van der Waals surface area contributed by atoms with E-state index in [4.69, 9.17) is 0 Å². The van der Waals surface area contributed by atoms with Crippen LogP contribution in [0.25, 0.3) is 0 Å². The Morgan fingerprint density at radius 2 is 1.74 bits per heavy atom. The molecule has 10 heteroatoms. The normalized spacial score (nSPS) is 19.3. The van der Waals surface area contributed by atoms with Crippen LogP contribution in [-0.4, -0.2) is 58.5 Å². The number of carbonyl (C=O) groups is 3. The standard InChI is InChI=1S/C25H31N5O4S/c1-16(31)26-19-6-8-20(9-7-19)27-24(33)21(10-11-35-2)28-25(34)29-13-17-12-18(15-29)22-4-3-5-23(32)30(22)14-17/h3-9,17-18,21H,10-15H2,1-2H3,(H,26,31)(H,27,33)(H,28,34)/t17-,18?,21+/m1/s1. The maximum atomic E-state index is 13.2. The van der Waals surface area contributed by atoms with Gasteiger partial charge in [0.05, 0.1) is 0 Å². The Hall–Kier alpha value is -3.27. The lowest BCUT2D eigenvalue weighted by Crippen LogP contribution is -2.55. The molecular weight excluding hydrogens is 466 g/mol. The molecule has 0 aliphatic carbocycles. The number of hydrogen-bond acceptors (Lipinski definition) is 5. The highest BCUT2D eigenvalue weighted by molar-refractivity contribution is 7.98. The van der Waals surface area contributed by atoms with E-state index in [0.29, 0.717) is 37.4 Å². The van der Waals surface area contributed by atoms with E-state index in [2.05, 4.69) is 16.0 Å². The molecule has 1 fully saturated rings. The lowest BCUT2D eigenvalue weighted by atomic mass is 9.83. The van der Waals surface area contributed by atoms with Gasteiger partial charge in [-0.25, -0.2) is 4.79 Å². The number of thioether (sulfide) groups is 1. The molecule has 9 nitrogen and oxygen atoms in total. The second-order valence-corrected chi connectivity index (χ2v) is 10.1. The van der Waals surface area contributed by atoms with E-state index in [9.17, 15) is 19.2 Å². The summed E-state index contributed by atoms with van der Waals surface area (Å²) in [5.74, 6) is 0.602. The van der Waals surface area contributed by atoms with Crippen molar-refractivity contribution in [2.24, 2.45) is 5.92 Å². The van der Waals surface area contributed by atoms with Crippen LogP contribution in [-0.2, 0) is 16.1 Å². The lowest BCUT2D eigenvalue weighted by molar-refractivity contribution is -0.118. The Labute approximate surface area is 208 Å².